The highest BCUT2D eigenvalue weighted by molar-refractivity contribution is 9.09. The Morgan fingerprint density at radius 1 is 1.10 bits per heavy atom. The molecule has 2 bridgehead atoms. The van der Waals surface area contributed by atoms with Crippen LogP contribution < -0.4 is 15.4 Å². The first kappa shape index (κ1) is 28.3. The summed E-state index contributed by atoms with van der Waals surface area (Å²) in [5, 5.41) is 15.7. The highest BCUT2D eigenvalue weighted by atomic mass is 79.9. The minimum atomic E-state index is -0.748. The molecule has 0 aliphatic carbocycles. The summed E-state index contributed by atoms with van der Waals surface area (Å²) < 4.78 is 4.75. The molecule has 3 unspecified atom stereocenters. The number of ether oxygens (including phenoxy) is 1. The van der Waals surface area contributed by atoms with Crippen molar-refractivity contribution < 1.29 is 24.2 Å². The topological polar surface area (TPSA) is 108 Å². The second-order valence-electron chi connectivity index (χ2n) is 10.1. The molecule has 3 saturated heterocycles. The Hall–Kier alpha value is -2.27. The molecule has 39 heavy (non-hydrogen) atoms. The first-order valence-corrected chi connectivity index (χ1v) is 15.3. The van der Waals surface area contributed by atoms with Crippen LogP contribution in [0.5, 0.6) is 5.75 Å². The van der Waals surface area contributed by atoms with E-state index in [9.17, 15) is 19.5 Å². The molecule has 2 aromatic rings. The summed E-state index contributed by atoms with van der Waals surface area (Å²) in [6, 6.07) is 13.3. The number of carbonyl (C=O) groups excluding carboxylic acids is 3. The monoisotopic (exact) mass is 635 g/mol. The van der Waals surface area contributed by atoms with Crippen LogP contribution in [0, 0.1) is 11.8 Å². The predicted molar refractivity (Wildman–Crippen MR) is 157 cm³/mol. The number of unbranched alkanes of at least 4 members (excludes halogenated alkanes) is 1. The van der Waals surface area contributed by atoms with Crippen molar-refractivity contribution in [3.05, 3.63) is 53.6 Å². The lowest BCUT2D eigenvalue weighted by atomic mass is 9.70. The fourth-order valence-electron chi connectivity index (χ4n) is 6.13. The third-order valence-electron chi connectivity index (χ3n) is 7.69. The van der Waals surface area contributed by atoms with Crippen LogP contribution in [-0.4, -0.2) is 68.4 Å². The minimum Gasteiger partial charge on any atom is -0.494 e. The largest absolute Gasteiger partial charge is 0.494 e. The van der Waals surface area contributed by atoms with Crippen molar-refractivity contribution in [3.63, 3.8) is 0 Å². The molecule has 1 spiro atoms. The molecule has 208 valence electrons. The minimum absolute atomic E-state index is 0.00561. The summed E-state index contributed by atoms with van der Waals surface area (Å²) >= 11 is 11.4. The van der Waals surface area contributed by atoms with Crippen molar-refractivity contribution in [3.8, 4) is 5.75 Å². The number of thioether (sulfide) groups is 1. The maximum absolute atomic E-state index is 14.0. The number of hydrogen-bond donors (Lipinski definition) is 3. The molecule has 3 heterocycles. The van der Waals surface area contributed by atoms with Crippen LogP contribution in [0.25, 0.3) is 0 Å². The summed E-state index contributed by atoms with van der Waals surface area (Å²) in [6.45, 7) is 2.80. The molecular weight excluding hydrogens is 606 g/mol. The number of halogens is 2. The fraction of sp³-hybridized carbons (Fsp3) is 0.464. The number of nitrogens with zero attached hydrogens (tertiary/aromatic N) is 1. The van der Waals surface area contributed by atoms with Gasteiger partial charge in [-0.3, -0.25) is 14.4 Å². The number of anilines is 2. The van der Waals surface area contributed by atoms with E-state index in [0.717, 1.165) is 0 Å². The molecule has 0 radical (unpaired) electrons. The normalized spacial score (nSPS) is 28.9. The Balaban J connectivity index is 1.43. The molecule has 3 aliphatic rings. The van der Waals surface area contributed by atoms with Gasteiger partial charge in [0, 0.05) is 39.6 Å². The number of rotatable bonds is 10. The lowest BCUT2D eigenvalue weighted by molar-refractivity contribution is -0.138. The van der Waals surface area contributed by atoms with Gasteiger partial charge >= 0.3 is 0 Å². The van der Waals surface area contributed by atoms with Gasteiger partial charge in [0.05, 0.1) is 23.2 Å². The Morgan fingerprint density at radius 3 is 2.38 bits per heavy atom. The van der Waals surface area contributed by atoms with Crippen molar-refractivity contribution in [2.24, 2.45) is 11.8 Å². The van der Waals surface area contributed by atoms with Gasteiger partial charge in [-0.15, -0.1) is 11.8 Å². The smallest absolute Gasteiger partial charge is 0.248 e. The van der Waals surface area contributed by atoms with E-state index in [1.807, 2.05) is 6.92 Å². The number of aliphatic hydroxyl groups excluding tert-OH is 1. The average Bonchev–Trinajstić information content (AvgIpc) is 3.50. The summed E-state index contributed by atoms with van der Waals surface area (Å²) in [6.07, 6.45) is 1.68. The number of amides is 3. The Bertz CT molecular complexity index is 1230. The van der Waals surface area contributed by atoms with Gasteiger partial charge in [0.2, 0.25) is 17.7 Å². The molecule has 0 saturated carbocycles. The molecule has 3 aliphatic heterocycles. The lowest BCUT2D eigenvalue weighted by Gasteiger charge is -2.35. The number of alkyl halides is 1. The van der Waals surface area contributed by atoms with E-state index in [0.29, 0.717) is 54.6 Å². The number of fused-ring (bicyclic) bond motifs is 1. The number of hydrogen-bond acceptors (Lipinski definition) is 6. The van der Waals surface area contributed by atoms with Crippen molar-refractivity contribution in [2.45, 2.75) is 47.1 Å². The Labute approximate surface area is 245 Å². The van der Waals surface area contributed by atoms with E-state index in [-0.39, 0.29) is 34.4 Å². The van der Waals surface area contributed by atoms with Crippen LogP contribution in [0.3, 0.4) is 0 Å². The first-order valence-electron chi connectivity index (χ1n) is 13.1. The average molecular weight is 637 g/mol. The van der Waals surface area contributed by atoms with Crippen molar-refractivity contribution in [1.29, 1.82) is 0 Å². The van der Waals surface area contributed by atoms with E-state index in [4.69, 9.17) is 16.3 Å². The van der Waals surface area contributed by atoms with Crippen LogP contribution in [0.2, 0.25) is 5.02 Å². The summed E-state index contributed by atoms with van der Waals surface area (Å²) in [7, 11) is 0. The maximum Gasteiger partial charge on any atom is 0.248 e. The summed E-state index contributed by atoms with van der Waals surface area (Å²) in [5.41, 5.74) is 1.21. The van der Waals surface area contributed by atoms with E-state index >= 15 is 0 Å². The fourth-order valence-corrected chi connectivity index (χ4v) is 9.87. The zero-order valence-corrected chi connectivity index (χ0v) is 24.6. The predicted octanol–water partition coefficient (Wildman–Crippen LogP) is 4.55. The van der Waals surface area contributed by atoms with Gasteiger partial charge in [-0.1, -0.05) is 27.5 Å². The molecule has 2 aromatic carbocycles. The number of nitrogens with one attached hydrogen (secondary N) is 2. The van der Waals surface area contributed by atoms with E-state index in [2.05, 4.69) is 26.6 Å². The van der Waals surface area contributed by atoms with Gasteiger partial charge < -0.3 is 25.4 Å². The van der Waals surface area contributed by atoms with Gasteiger partial charge in [0.25, 0.3) is 0 Å². The van der Waals surface area contributed by atoms with Gasteiger partial charge in [-0.25, -0.2) is 0 Å². The Kier molecular flexibility index (Phi) is 8.47. The number of aliphatic hydroxyl groups is 1. The second-order valence-corrected chi connectivity index (χ2v) is 13.2. The highest BCUT2D eigenvalue weighted by Gasteiger charge is 2.75. The molecule has 8 nitrogen and oxygen atoms in total. The molecule has 3 N–H and O–H groups in total. The van der Waals surface area contributed by atoms with Crippen LogP contribution >= 0.6 is 39.3 Å². The summed E-state index contributed by atoms with van der Waals surface area (Å²) in [4.78, 5) is 43.2. The third kappa shape index (κ3) is 5.28. The number of likely N-dealkylation sites (tertiary alicyclic amines) is 1. The van der Waals surface area contributed by atoms with Gasteiger partial charge in [-0.2, -0.15) is 0 Å². The highest BCUT2D eigenvalue weighted by Crippen LogP contribution is 2.67. The molecule has 6 atom stereocenters. The van der Waals surface area contributed by atoms with Crippen LogP contribution in [-0.2, 0) is 14.4 Å². The Morgan fingerprint density at radius 2 is 1.74 bits per heavy atom. The zero-order valence-electron chi connectivity index (χ0n) is 21.4. The van der Waals surface area contributed by atoms with Crippen LogP contribution in [0.4, 0.5) is 11.4 Å². The maximum atomic E-state index is 14.0. The molecular formula is C28H31BrClN3O5S. The molecule has 0 aromatic heterocycles. The zero-order chi connectivity index (χ0) is 27.7. The number of carbonyl (C=O) groups is 3. The molecule has 3 fully saturated rings. The second kappa shape index (κ2) is 11.7. The van der Waals surface area contributed by atoms with Crippen LogP contribution in [0.15, 0.2) is 48.5 Å². The standard InChI is InChI=1S/C28H31BrClN3O5S/c1-2-38-19-11-9-18(10-12-19)31-25(35)21-22-27(37)33(13-3-4-14-34)24(28(22)15-20(29)23(21)39-28)26(36)32-17-7-5-16(30)6-8-17/h5-12,20-24,34H,2-4,13-15H2,1H3,(H,31,35)(H,32,36)/t20?,21-,22+,23-,24?,28?/m1/s1. The van der Waals surface area contributed by atoms with Crippen molar-refractivity contribution in [1.82, 2.24) is 4.90 Å². The van der Waals surface area contributed by atoms with Crippen molar-refractivity contribution in [2.75, 3.05) is 30.4 Å². The van der Waals surface area contributed by atoms with Gasteiger partial charge in [-0.05, 0) is 74.7 Å². The quantitative estimate of drug-likeness (QED) is 0.261. The van der Waals surface area contributed by atoms with E-state index in [1.54, 1.807) is 65.2 Å². The third-order valence-corrected chi connectivity index (χ3v) is 11.2. The van der Waals surface area contributed by atoms with Gasteiger partial charge in [0.1, 0.15) is 11.8 Å². The number of benzene rings is 2. The molecule has 5 rings (SSSR count). The van der Waals surface area contributed by atoms with Crippen LogP contribution in [0.1, 0.15) is 26.2 Å². The summed E-state index contributed by atoms with van der Waals surface area (Å²) in [5.74, 6) is -1.19. The SMILES string of the molecule is CCOc1ccc(NC(=O)[C@H]2[C@@H]3SC4(CC3Br)C(C(=O)Nc3ccc(Cl)cc3)N(CCCCO)C(=O)[C@H]24)cc1. The van der Waals surface area contributed by atoms with E-state index < -0.39 is 22.6 Å². The van der Waals surface area contributed by atoms with Gasteiger partial charge in [0.15, 0.2) is 0 Å². The molecule has 11 heteroatoms. The van der Waals surface area contributed by atoms with E-state index in [1.165, 1.54) is 0 Å². The first-order chi connectivity index (χ1) is 18.8. The van der Waals surface area contributed by atoms with Crippen molar-refractivity contribution >= 4 is 68.4 Å². The lowest BCUT2D eigenvalue weighted by Crippen LogP contribution is -2.52. The molecule has 3 amide bonds.